The molecule has 0 aromatic rings. The van der Waals surface area contributed by atoms with E-state index in [1.54, 1.807) is 0 Å². The van der Waals surface area contributed by atoms with Crippen LogP contribution in [-0.4, -0.2) is 23.0 Å². The highest BCUT2D eigenvalue weighted by molar-refractivity contribution is 5.80. The highest BCUT2D eigenvalue weighted by atomic mass is 16.4. The third-order valence-electron chi connectivity index (χ3n) is 2.33. The van der Waals surface area contributed by atoms with Gasteiger partial charge in [0.05, 0.1) is 6.42 Å². The van der Waals surface area contributed by atoms with Gasteiger partial charge in [-0.1, -0.05) is 47.0 Å². The van der Waals surface area contributed by atoms with Crippen LogP contribution in [0.4, 0.5) is 0 Å². The average Bonchev–Trinajstić information content (AvgIpc) is 2.32. The van der Waals surface area contributed by atoms with Crippen molar-refractivity contribution in [1.82, 2.24) is 5.32 Å². The summed E-state index contributed by atoms with van der Waals surface area (Å²) in [6.07, 6.45) is 5.33. The van der Waals surface area contributed by atoms with E-state index in [1.165, 1.54) is 6.42 Å². The number of carboxylic acids is 1. The second kappa shape index (κ2) is 14.0. The fourth-order valence-corrected chi connectivity index (χ4v) is 1.35. The molecule has 0 saturated heterocycles. The van der Waals surface area contributed by atoms with E-state index in [9.17, 15) is 9.59 Å². The Balaban J connectivity index is 0. The summed E-state index contributed by atoms with van der Waals surface area (Å²) in [6, 6.07) is 0.200. The molecule has 2 N–H and O–H groups in total. The highest BCUT2D eigenvalue weighted by Gasteiger charge is 2.10. The van der Waals surface area contributed by atoms with Gasteiger partial charge in [-0.2, -0.15) is 0 Å². The standard InChI is InChI=1S/C11H21NO3.C3H8/c1-3-5-6-9(4-2)12-10(13)7-8-11(14)15;1-3-2/h9H,3-8H2,1-2H3,(H,12,13)(H,14,15);3H2,1-2H3. The smallest absolute Gasteiger partial charge is 0.303 e. The zero-order chi connectivity index (χ0) is 14.4. The number of unbranched alkanes of at least 4 members (excludes halogenated alkanes) is 1. The molecule has 1 unspecified atom stereocenters. The number of carbonyl (C=O) groups is 2. The molecule has 18 heavy (non-hydrogen) atoms. The van der Waals surface area contributed by atoms with Gasteiger partial charge in [0, 0.05) is 12.5 Å². The molecule has 0 rings (SSSR count). The zero-order valence-electron chi connectivity index (χ0n) is 12.3. The van der Waals surface area contributed by atoms with Crippen LogP contribution in [0.5, 0.6) is 0 Å². The van der Waals surface area contributed by atoms with Crippen molar-refractivity contribution < 1.29 is 14.7 Å². The van der Waals surface area contributed by atoms with Gasteiger partial charge in [-0.05, 0) is 12.8 Å². The Morgan fingerprint density at radius 1 is 1.11 bits per heavy atom. The molecule has 108 valence electrons. The van der Waals surface area contributed by atoms with Crippen molar-refractivity contribution >= 4 is 11.9 Å². The average molecular weight is 259 g/mol. The van der Waals surface area contributed by atoms with Crippen molar-refractivity contribution in [3.8, 4) is 0 Å². The Morgan fingerprint density at radius 3 is 2.06 bits per heavy atom. The normalized spacial score (nSPS) is 11.1. The van der Waals surface area contributed by atoms with Gasteiger partial charge in [0.25, 0.3) is 0 Å². The van der Waals surface area contributed by atoms with E-state index in [0.717, 1.165) is 25.7 Å². The fourth-order valence-electron chi connectivity index (χ4n) is 1.35. The lowest BCUT2D eigenvalue weighted by Crippen LogP contribution is -2.34. The zero-order valence-corrected chi connectivity index (χ0v) is 12.3. The number of carbonyl (C=O) groups excluding carboxylic acids is 1. The number of aliphatic carboxylic acids is 1. The molecule has 1 atom stereocenters. The van der Waals surface area contributed by atoms with Crippen LogP contribution in [0.3, 0.4) is 0 Å². The van der Waals surface area contributed by atoms with Gasteiger partial charge in [0.1, 0.15) is 0 Å². The van der Waals surface area contributed by atoms with E-state index in [2.05, 4.69) is 26.1 Å². The predicted molar refractivity (Wildman–Crippen MR) is 74.6 cm³/mol. The number of hydrogen-bond donors (Lipinski definition) is 2. The van der Waals surface area contributed by atoms with Gasteiger partial charge in [-0.3, -0.25) is 9.59 Å². The van der Waals surface area contributed by atoms with E-state index in [1.807, 2.05) is 6.92 Å². The molecule has 0 saturated carbocycles. The van der Waals surface area contributed by atoms with Crippen LogP contribution in [0.2, 0.25) is 0 Å². The Hall–Kier alpha value is -1.06. The molecule has 0 aromatic carbocycles. The van der Waals surface area contributed by atoms with Crippen LogP contribution in [-0.2, 0) is 9.59 Å². The minimum Gasteiger partial charge on any atom is -0.481 e. The minimum absolute atomic E-state index is 0.0813. The van der Waals surface area contributed by atoms with E-state index in [-0.39, 0.29) is 24.8 Å². The topological polar surface area (TPSA) is 66.4 Å². The first-order valence-electron chi connectivity index (χ1n) is 7.02. The van der Waals surface area contributed by atoms with E-state index in [4.69, 9.17) is 5.11 Å². The van der Waals surface area contributed by atoms with Crippen LogP contribution >= 0.6 is 0 Å². The van der Waals surface area contributed by atoms with Gasteiger partial charge >= 0.3 is 5.97 Å². The molecule has 0 radical (unpaired) electrons. The summed E-state index contributed by atoms with van der Waals surface area (Å²) >= 11 is 0. The molecule has 0 fully saturated rings. The summed E-state index contributed by atoms with van der Waals surface area (Å²) in [5, 5.41) is 11.3. The predicted octanol–water partition coefficient (Wildman–Crippen LogP) is 3.35. The third kappa shape index (κ3) is 14.9. The molecule has 4 heteroatoms. The molecule has 0 aromatic heterocycles. The van der Waals surface area contributed by atoms with Crippen LogP contribution < -0.4 is 5.32 Å². The Bertz CT molecular complexity index is 217. The van der Waals surface area contributed by atoms with Gasteiger partial charge < -0.3 is 10.4 Å². The van der Waals surface area contributed by atoms with Crippen molar-refractivity contribution in [3.05, 3.63) is 0 Å². The number of carboxylic acid groups (broad SMARTS) is 1. The molecule has 0 bridgehead atoms. The number of amides is 1. The lowest BCUT2D eigenvalue weighted by Gasteiger charge is -2.16. The van der Waals surface area contributed by atoms with E-state index in [0.29, 0.717) is 0 Å². The van der Waals surface area contributed by atoms with Crippen LogP contribution in [0.25, 0.3) is 0 Å². The monoisotopic (exact) mass is 259 g/mol. The summed E-state index contributed by atoms with van der Waals surface area (Å²) in [4.78, 5) is 21.6. The molecule has 1 amide bonds. The Labute approximate surface area is 111 Å². The van der Waals surface area contributed by atoms with Crippen molar-refractivity contribution in [2.75, 3.05) is 0 Å². The first kappa shape index (κ1) is 19.3. The number of hydrogen-bond acceptors (Lipinski definition) is 2. The molecule has 0 aliphatic heterocycles. The molecule has 4 nitrogen and oxygen atoms in total. The SMILES string of the molecule is CCC.CCCCC(CC)NC(=O)CCC(=O)O. The quantitative estimate of drug-likeness (QED) is 0.702. The maximum Gasteiger partial charge on any atom is 0.303 e. The molecular formula is C14H29NO3. The maximum absolute atomic E-state index is 11.3. The fraction of sp³-hybridized carbons (Fsp3) is 0.857. The molecule has 0 heterocycles. The third-order valence-corrected chi connectivity index (χ3v) is 2.33. The number of rotatable bonds is 8. The maximum atomic E-state index is 11.3. The van der Waals surface area contributed by atoms with Crippen molar-refractivity contribution in [2.24, 2.45) is 0 Å². The number of nitrogens with one attached hydrogen (secondary N) is 1. The first-order valence-corrected chi connectivity index (χ1v) is 7.02. The second-order valence-corrected chi connectivity index (χ2v) is 4.42. The molecule has 0 aliphatic rings. The molecular weight excluding hydrogens is 230 g/mol. The minimum atomic E-state index is -0.924. The summed E-state index contributed by atoms with van der Waals surface area (Å²) in [7, 11) is 0. The largest absolute Gasteiger partial charge is 0.481 e. The van der Waals surface area contributed by atoms with Gasteiger partial charge in [0.2, 0.25) is 5.91 Å². The summed E-state index contributed by atoms with van der Waals surface area (Å²) in [5.74, 6) is -1.08. The van der Waals surface area contributed by atoms with Gasteiger partial charge in [-0.25, -0.2) is 0 Å². The lowest BCUT2D eigenvalue weighted by molar-refractivity contribution is -0.138. The summed E-state index contributed by atoms with van der Waals surface area (Å²) < 4.78 is 0. The summed E-state index contributed by atoms with van der Waals surface area (Å²) in [6.45, 7) is 8.39. The molecule has 0 spiro atoms. The van der Waals surface area contributed by atoms with Crippen LogP contribution in [0, 0.1) is 0 Å². The van der Waals surface area contributed by atoms with Crippen LogP contribution in [0.15, 0.2) is 0 Å². The lowest BCUT2D eigenvalue weighted by atomic mass is 10.1. The van der Waals surface area contributed by atoms with Crippen molar-refractivity contribution in [3.63, 3.8) is 0 Å². The first-order chi connectivity index (χ1) is 8.51. The van der Waals surface area contributed by atoms with Crippen LogP contribution in [0.1, 0.15) is 72.6 Å². The van der Waals surface area contributed by atoms with Gasteiger partial charge in [-0.15, -0.1) is 0 Å². The van der Waals surface area contributed by atoms with E-state index < -0.39 is 5.97 Å². The van der Waals surface area contributed by atoms with Crippen molar-refractivity contribution in [2.45, 2.75) is 78.7 Å². The Morgan fingerprint density at radius 2 is 1.67 bits per heavy atom. The highest BCUT2D eigenvalue weighted by Crippen LogP contribution is 2.04. The Kier molecular flexibility index (Phi) is 15.0. The van der Waals surface area contributed by atoms with E-state index >= 15 is 0 Å². The second-order valence-electron chi connectivity index (χ2n) is 4.42. The van der Waals surface area contributed by atoms with Crippen molar-refractivity contribution in [1.29, 1.82) is 0 Å². The van der Waals surface area contributed by atoms with Gasteiger partial charge in [0.15, 0.2) is 0 Å². The summed E-state index contributed by atoms with van der Waals surface area (Å²) in [5.41, 5.74) is 0. The molecule has 0 aliphatic carbocycles.